The molecule has 196 valence electrons. The summed E-state index contributed by atoms with van der Waals surface area (Å²) in [4.78, 5) is 7.28. The van der Waals surface area contributed by atoms with Crippen LogP contribution >= 0.6 is 23.2 Å². The molecular formula is C30H40Cl2N2O2. The third-order valence-electron chi connectivity index (χ3n) is 6.71. The zero-order valence-corrected chi connectivity index (χ0v) is 23.4. The number of rotatable bonds is 15. The first-order chi connectivity index (χ1) is 17.5. The van der Waals surface area contributed by atoms with Crippen LogP contribution in [0.5, 0.6) is 5.75 Å². The van der Waals surface area contributed by atoms with E-state index in [0.29, 0.717) is 16.6 Å². The second-order valence-electron chi connectivity index (χ2n) is 9.55. The van der Waals surface area contributed by atoms with Crippen molar-refractivity contribution < 1.29 is 9.84 Å². The number of unbranched alkanes of at least 4 members (excludes halogenated alkanes) is 6. The fourth-order valence-corrected chi connectivity index (χ4v) is 4.92. The minimum atomic E-state index is -0.665. The minimum Gasteiger partial charge on any atom is -0.497 e. The van der Waals surface area contributed by atoms with Crippen LogP contribution in [0.25, 0.3) is 22.2 Å². The molecule has 0 spiro atoms. The summed E-state index contributed by atoms with van der Waals surface area (Å²) >= 11 is 12.7. The number of ether oxygens (including phenoxy) is 1. The number of hydrogen-bond acceptors (Lipinski definition) is 4. The molecule has 2 aromatic carbocycles. The minimum absolute atomic E-state index is 0.456. The number of benzene rings is 2. The fourth-order valence-electron chi connectivity index (χ4n) is 4.59. The van der Waals surface area contributed by atoms with E-state index in [1.807, 2.05) is 36.4 Å². The SMILES string of the molecule is CCCCCCN(CCCCCC)CC(O)c1cc(-c2ccc(OC)cc2)nc2cc(Cl)c(Cl)cc12. The van der Waals surface area contributed by atoms with Crippen molar-refractivity contribution >= 4 is 34.1 Å². The van der Waals surface area contributed by atoms with Crippen molar-refractivity contribution in [2.75, 3.05) is 26.7 Å². The molecule has 0 radical (unpaired) electrons. The smallest absolute Gasteiger partial charge is 0.118 e. The van der Waals surface area contributed by atoms with Crippen molar-refractivity contribution in [1.82, 2.24) is 9.88 Å². The summed E-state index contributed by atoms with van der Waals surface area (Å²) in [5.74, 6) is 0.788. The number of nitrogens with zero attached hydrogens (tertiary/aromatic N) is 2. The Kier molecular flexibility index (Phi) is 11.8. The van der Waals surface area contributed by atoms with Gasteiger partial charge in [0.05, 0.1) is 34.5 Å². The van der Waals surface area contributed by atoms with E-state index in [9.17, 15) is 5.11 Å². The Bertz CT molecular complexity index is 1080. The van der Waals surface area contributed by atoms with Gasteiger partial charge in [-0.1, -0.05) is 75.6 Å². The molecule has 0 saturated heterocycles. The van der Waals surface area contributed by atoms with Crippen molar-refractivity contribution in [2.24, 2.45) is 0 Å². The number of aliphatic hydroxyl groups excluding tert-OH is 1. The van der Waals surface area contributed by atoms with Crippen LogP contribution in [0.2, 0.25) is 10.0 Å². The molecule has 1 atom stereocenters. The highest BCUT2D eigenvalue weighted by Gasteiger charge is 2.19. The van der Waals surface area contributed by atoms with Crippen LogP contribution < -0.4 is 4.74 Å². The molecule has 0 aliphatic carbocycles. The second-order valence-corrected chi connectivity index (χ2v) is 10.4. The average Bonchev–Trinajstić information content (AvgIpc) is 2.89. The Hall–Kier alpha value is -1.85. The highest BCUT2D eigenvalue weighted by molar-refractivity contribution is 6.42. The molecular weight excluding hydrogens is 491 g/mol. The third kappa shape index (κ3) is 8.08. The van der Waals surface area contributed by atoms with Crippen molar-refractivity contribution in [1.29, 1.82) is 0 Å². The lowest BCUT2D eigenvalue weighted by Crippen LogP contribution is -2.31. The quantitative estimate of drug-likeness (QED) is 0.199. The van der Waals surface area contributed by atoms with Crippen molar-refractivity contribution in [3.8, 4) is 17.0 Å². The van der Waals surface area contributed by atoms with Gasteiger partial charge >= 0.3 is 0 Å². The Morgan fingerprint density at radius 1 is 0.861 bits per heavy atom. The molecule has 3 aromatic rings. The monoisotopic (exact) mass is 530 g/mol. The first-order valence-corrected chi connectivity index (χ1v) is 14.1. The van der Waals surface area contributed by atoms with Gasteiger partial charge < -0.3 is 14.7 Å². The summed E-state index contributed by atoms with van der Waals surface area (Å²) in [5.41, 5.74) is 3.30. The fraction of sp³-hybridized carbons (Fsp3) is 0.500. The molecule has 3 rings (SSSR count). The Morgan fingerprint density at radius 2 is 1.47 bits per heavy atom. The van der Waals surface area contributed by atoms with Crippen LogP contribution in [0.15, 0.2) is 42.5 Å². The number of halogens is 2. The van der Waals surface area contributed by atoms with Crippen molar-refractivity contribution in [3.63, 3.8) is 0 Å². The number of aromatic nitrogens is 1. The molecule has 0 fully saturated rings. The summed E-state index contributed by atoms with van der Waals surface area (Å²) in [6.45, 7) is 7.06. The highest BCUT2D eigenvalue weighted by atomic mass is 35.5. The Labute approximate surface area is 226 Å². The first-order valence-electron chi connectivity index (χ1n) is 13.3. The van der Waals surface area contributed by atoms with Gasteiger partial charge in [-0.15, -0.1) is 0 Å². The molecule has 0 amide bonds. The van der Waals surface area contributed by atoms with E-state index in [1.165, 1.54) is 38.5 Å². The van der Waals surface area contributed by atoms with Crippen LogP contribution in [0.3, 0.4) is 0 Å². The van der Waals surface area contributed by atoms with Gasteiger partial charge in [-0.05, 0) is 74.0 Å². The van der Waals surface area contributed by atoms with Crippen LogP contribution in [0.4, 0.5) is 0 Å². The normalized spacial score (nSPS) is 12.4. The second kappa shape index (κ2) is 14.8. The van der Waals surface area contributed by atoms with Gasteiger partial charge in [0, 0.05) is 17.5 Å². The van der Waals surface area contributed by atoms with Gasteiger partial charge in [0.1, 0.15) is 5.75 Å². The maximum absolute atomic E-state index is 11.5. The molecule has 1 unspecified atom stereocenters. The number of methoxy groups -OCH3 is 1. The lowest BCUT2D eigenvalue weighted by molar-refractivity contribution is 0.111. The van der Waals surface area contributed by atoms with E-state index < -0.39 is 6.10 Å². The molecule has 4 nitrogen and oxygen atoms in total. The lowest BCUT2D eigenvalue weighted by Gasteiger charge is -2.26. The highest BCUT2D eigenvalue weighted by Crippen LogP contribution is 2.34. The van der Waals surface area contributed by atoms with E-state index >= 15 is 0 Å². The predicted octanol–water partition coefficient (Wildman–Crippen LogP) is 8.71. The molecule has 1 aromatic heterocycles. The van der Waals surface area contributed by atoms with Gasteiger partial charge in [0.25, 0.3) is 0 Å². The van der Waals surface area contributed by atoms with E-state index in [0.717, 1.165) is 59.4 Å². The van der Waals surface area contributed by atoms with Gasteiger partial charge in [-0.2, -0.15) is 0 Å². The zero-order valence-electron chi connectivity index (χ0n) is 21.9. The zero-order chi connectivity index (χ0) is 25.9. The average molecular weight is 532 g/mol. The van der Waals surface area contributed by atoms with Crippen LogP contribution in [-0.4, -0.2) is 41.7 Å². The largest absolute Gasteiger partial charge is 0.497 e. The number of hydrogen-bond donors (Lipinski definition) is 1. The van der Waals surface area contributed by atoms with Crippen molar-refractivity contribution in [2.45, 2.75) is 71.3 Å². The number of fused-ring (bicyclic) bond motifs is 1. The standard InChI is InChI=1S/C30H40Cl2N2O2/c1-4-6-8-10-16-34(17-11-9-7-5-2)21-30(35)25-19-28(22-12-14-23(36-3)15-13-22)33-29-20-27(32)26(31)18-24(25)29/h12-15,18-20,30,35H,4-11,16-17,21H2,1-3H3. The molecule has 1 N–H and O–H groups in total. The predicted molar refractivity (Wildman–Crippen MR) is 153 cm³/mol. The maximum atomic E-state index is 11.5. The van der Waals surface area contributed by atoms with Gasteiger partial charge in [-0.25, -0.2) is 4.98 Å². The number of aliphatic hydroxyl groups is 1. The lowest BCUT2D eigenvalue weighted by atomic mass is 9.99. The molecule has 36 heavy (non-hydrogen) atoms. The molecule has 0 aliphatic heterocycles. The topological polar surface area (TPSA) is 45.6 Å². The van der Waals surface area contributed by atoms with E-state index in [4.69, 9.17) is 32.9 Å². The van der Waals surface area contributed by atoms with Crippen LogP contribution in [0.1, 0.15) is 76.9 Å². The molecule has 0 aliphatic rings. The summed E-state index contributed by atoms with van der Waals surface area (Å²) in [5, 5.41) is 13.3. The Morgan fingerprint density at radius 3 is 2.06 bits per heavy atom. The van der Waals surface area contributed by atoms with Gasteiger partial charge in [0.2, 0.25) is 0 Å². The summed E-state index contributed by atoms with van der Waals surface area (Å²) in [6, 6.07) is 13.4. The van der Waals surface area contributed by atoms with Gasteiger partial charge in [-0.3, -0.25) is 0 Å². The van der Waals surface area contributed by atoms with Crippen LogP contribution in [0, 0.1) is 0 Å². The van der Waals surface area contributed by atoms with E-state index in [1.54, 1.807) is 13.2 Å². The van der Waals surface area contributed by atoms with Crippen LogP contribution in [-0.2, 0) is 0 Å². The maximum Gasteiger partial charge on any atom is 0.118 e. The van der Waals surface area contributed by atoms with Crippen molar-refractivity contribution in [3.05, 3.63) is 58.1 Å². The van der Waals surface area contributed by atoms with E-state index in [2.05, 4.69) is 18.7 Å². The molecule has 0 saturated carbocycles. The molecule has 1 heterocycles. The number of pyridine rings is 1. The summed E-state index contributed by atoms with van der Waals surface area (Å²) in [7, 11) is 1.65. The third-order valence-corrected chi connectivity index (χ3v) is 7.44. The Balaban J connectivity index is 1.91. The van der Waals surface area contributed by atoms with Gasteiger partial charge in [0.15, 0.2) is 0 Å². The molecule has 0 bridgehead atoms. The van der Waals surface area contributed by atoms with E-state index in [-0.39, 0.29) is 0 Å². The molecule has 6 heteroatoms. The first kappa shape index (κ1) is 28.7. The summed E-state index contributed by atoms with van der Waals surface area (Å²) < 4.78 is 5.31. The summed E-state index contributed by atoms with van der Waals surface area (Å²) in [6.07, 6.45) is 9.06.